The number of hydrogen-bond donors (Lipinski definition) is 1. The van der Waals surface area contributed by atoms with E-state index in [0.29, 0.717) is 28.1 Å². The molecule has 1 aromatic heterocycles. The largest absolute Gasteiger partial charge is 0.493 e. The van der Waals surface area contributed by atoms with Crippen LogP contribution in [0.25, 0.3) is 10.9 Å². The van der Waals surface area contributed by atoms with Gasteiger partial charge in [0.25, 0.3) is 5.69 Å². The highest BCUT2D eigenvalue weighted by Gasteiger charge is 2.19. The highest BCUT2D eigenvalue weighted by Crippen LogP contribution is 2.37. The monoisotopic (exact) mass is 353 g/mol. The van der Waals surface area contributed by atoms with Crippen molar-refractivity contribution in [3.63, 3.8) is 0 Å². The average Bonchev–Trinajstić information content (AvgIpc) is 2.62. The first kappa shape index (κ1) is 17.5. The first-order valence-electron chi connectivity index (χ1n) is 7.99. The third-order valence-electron chi connectivity index (χ3n) is 4.13. The summed E-state index contributed by atoms with van der Waals surface area (Å²) in [5.41, 5.74) is 3.62. The van der Waals surface area contributed by atoms with Crippen LogP contribution in [0, 0.1) is 24.0 Å². The number of nitro benzene ring substituents is 1. The molecule has 1 heterocycles. The molecule has 0 saturated heterocycles. The maximum atomic E-state index is 11.5. The molecule has 0 atom stereocenters. The molecule has 1 N–H and O–H groups in total. The number of hydrogen-bond acceptors (Lipinski definition) is 6. The molecule has 3 rings (SSSR count). The molecule has 7 heteroatoms. The van der Waals surface area contributed by atoms with Crippen molar-refractivity contribution in [2.75, 3.05) is 19.5 Å². The van der Waals surface area contributed by atoms with Gasteiger partial charge in [0.1, 0.15) is 5.39 Å². The molecule has 0 aliphatic carbocycles. The van der Waals surface area contributed by atoms with E-state index in [1.807, 2.05) is 19.9 Å². The number of pyridine rings is 1. The Bertz CT molecular complexity index is 1000. The van der Waals surface area contributed by atoms with Crippen LogP contribution < -0.4 is 14.8 Å². The highest BCUT2D eigenvalue weighted by molar-refractivity contribution is 6.01. The summed E-state index contributed by atoms with van der Waals surface area (Å²) in [5.74, 6) is 1.17. The summed E-state index contributed by atoms with van der Waals surface area (Å²) in [6.07, 6.45) is 0. The SMILES string of the molecule is COc1ccc(Nc2cc(C)nc3c(C)ccc([N+](=O)[O-])c23)cc1OC. The fraction of sp³-hybridized carbons (Fsp3) is 0.211. The van der Waals surface area contributed by atoms with Crippen LogP contribution >= 0.6 is 0 Å². The molecule has 0 aliphatic heterocycles. The summed E-state index contributed by atoms with van der Waals surface area (Å²) >= 11 is 0. The molecule has 0 aliphatic rings. The number of anilines is 2. The van der Waals surface area contributed by atoms with Crippen molar-refractivity contribution in [1.29, 1.82) is 0 Å². The zero-order chi connectivity index (χ0) is 18.8. The summed E-state index contributed by atoms with van der Waals surface area (Å²) in [5, 5.41) is 15.3. The van der Waals surface area contributed by atoms with E-state index < -0.39 is 4.92 Å². The normalized spacial score (nSPS) is 10.6. The molecule has 2 aromatic carbocycles. The van der Waals surface area contributed by atoms with Crippen molar-refractivity contribution in [2.24, 2.45) is 0 Å². The Morgan fingerprint density at radius 2 is 1.77 bits per heavy atom. The van der Waals surface area contributed by atoms with Gasteiger partial charge in [-0.15, -0.1) is 0 Å². The fourth-order valence-corrected chi connectivity index (χ4v) is 2.90. The van der Waals surface area contributed by atoms with Crippen LogP contribution in [0.3, 0.4) is 0 Å². The van der Waals surface area contributed by atoms with Gasteiger partial charge in [-0.2, -0.15) is 0 Å². The topological polar surface area (TPSA) is 86.5 Å². The number of aromatic nitrogens is 1. The number of benzene rings is 2. The summed E-state index contributed by atoms with van der Waals surface area (Å²) in [6, 6.07) is 10.4. The lowest BCUT2D eigenvalue weighted by atomic mass is 10.1. The lowest BCUT2D eigenvalue weighted by molar-refractivity contribution is -0.383. The molecule has 0 bridgehead atoms. The van der Waals surface area contributed by atoms with E-state index in [9.17, 15) is 10.1 Å². The van der Waals surface area contributed by atoms with E-state index in [4.69, 9.17) is 9.47 Å². The number of nitro groups is 1. The number of ether oxygens (including phenoxy) is 2. The highest BCUT2D eigenvalue weighted by atomic mass is 16.6. The molecule has 0 fully saturated rings. The number of aryl methyl sites for hydroxylation is 2. The third kappa shape index (κ3) is 3.11. The van der Waals surface area contributed by atoms with Gasteiger partial charge in [0.2, 0.25) is 0 Å². The fourth-order valence-electron chi connectivity index (χ4n) is 2.90. The van der Waals surface area contributed by atoms with Gasteiger partial charge in [0, 0.05) is 23.5 Å². The second-order valence-corrected chi connectivity index (χ2v) is 5.89. The maximum Gasteiger partial charge on any atom is 0.280 e. The number of methoxy groups -OCH3 is 2. The van der Waals surface area contributed by atoms with Crippen LogP contribution in [0.2, 0.25) is 0 Å². The zero-order valence-electron chi connectivity index (χ0n) is 15.0. The van der Waals surface area contributed by atoms with E-state index >= 15 is 0 Å². The Morgan fingerprint density at radius 1 is 1.04 bits per heavy atom. The zero-order valence-corrected chi connectivity index (χ0v) is 15.0. The molecule has 0 unspecified atom stereocenters. The first-order chi connectivity index (χ1) is 12.4. The molecule has 0 amide bonds. The van der Waals surface area contributed by atoms with Gasteiger partial charge < -0.3 is 14.8 Å². The van der Waals surface area contributed by atoms with Crippen molar-refractivity contribution >= 4 is 28.0 Å². The van der Waals surface area contributed by atoms with Crippen LogP contribution in [0.5, 0.6) is 11.5 Å². The molecular formula is C19H19N3O4. The Balaban J connectivity index is 2.19. The van der Waals surface area contributed by atoms with E-state index in [-0.39, 0.29) is 5.69 Å². The number of fused-ring (bicyclic) bond motifs is 1. The second kappa shape index (κ2) is 6.87. The Morgan fingerprint density at radius 3 is 2.42 bits per heavy atom. The Kier molecular flexibility index (Phi) is 4.62. The van der Waals surface area contributed by atoms with Gasteiger partial charge in [0.05, 0.1) is 30.3 Å². The minimum Gasteiger partial charge on any atom is -0.493 e. The predicted molar refractivity (Wildman–Crippen MR) is 101 cm³/mol. The first-order valence-corrected chi connectivity index (χ1v) is 7.99. The Labute approximate surface area is 150 Å². The lowest BCUT2D eigenvalue weighted by Crippen LogP contribution is -2.00. The molecule has 0 radical (unpaired) electrons. The van der Waals surface area contributed by atoms with Crippen molar-refractivity contribution < 1.29 is 14.4 Å². The number of rotatable bonds is 5. The van der Waals surface area contributed by atoms with Gasteiger partial charge in [-0.3, -0.25) is 15.1 Å². The summed E-state index contributed by atoms with van der Waals surface area (Å²) < 4.78 is 10.6. The van der Waals surface area contributed by atoms with Crippen molar-refractivity contribution in [2.45, 2.75) is 13.8 Å². The summed E-state index contributed by atoms with van der Waals surface area (Å²) in [4.78, 5) is 15.6. The minimum atomic E-state index is -0.390. The third-order valence-corrected chi connectivity index (χ3v) is 4.13. The standard InChI is InChI=1S/C19H19N3O4/c1-11-5-7-15(22(23)24)18-14(9-12(2)20-19(11)18)21-13-6-8-16(25-3)17(10-13)26-4/h5-10H,1-4H3,(H,20,21). The average molecular weight is 353 g/mol. The predicted octanol–water partition coefficient (Wildman–Crippen LogP) is 4.52. The van der Waals surface area contributed by atoms with Crippen molar-refractivity contribution in [1.82, 2.24) is 4.98 Å². The number of nitrogens with zero attached hydrogens (tertiary/aromatic N) is 2. The van der Waals surface area contributed by atoms with Gasteiger partial charge >= 0.3 is 0 Å². The molecule has 26 heavy (non-hydrogen) atoms. The smallest absolute Gasteiger partial charge is 0.280 e. The van der Waals surface area contributed by atoms with E-state index in [1.165, 1.54) is 6.07 Å². The quantitative estimate of drug-likeness (QED) is 0.536. The molecule has 7 nitrogen and oxygen atoms in total. The lowest BCUT2D eigenvalue weighted by Gasteiger charge is -2.14. The molecule has 134 valence electrons. The van der Waals surface area contributed by atoms with Crippen LogP contribution in [0.4, 0.5) is 17.1 Å². The maximum absolute atomic E-state index is 11.5. The second-order valence-electron chi connectivity index (χ2n) is 5.89. The van der Waals surface area contributed by atoms with E-state index in [1.54, 1.807) is 38.5 Å². The minimum absolute atomic E-state index is 0.0149. The van der Waals surface area contributed by atoms with E-state index in [0.717, 1.165) is 16.9 Å². The van der Waals surface area contributed by atoms with Gasteiger partial charge in [-0.25, -0.2) is 0 Å². The molecular weight excluding hydrogens is 334 g/mol. The summed E-state index contributed by atoms with van der Waals surface area (Å²) in [6.45, 7) is 3.75. The van der Waals surface area contributed by atoms with Crippen LogP contribution in [0.15, 0.2) is 36.4 Å². The van der Waals surface area contributed by atoms with E-state index in [2.05, 4.69) is 10.3 Å². The number of nitrogens with one attached hydrogen (secondary N) is 1. The van der Waals surface area contributed by atoms with Crippen molar-refractivity contribution in [3.05, 3.63) is 57.8 Å². The summed E-state index contributed by atoms with van der Waals surface area (Å²) in [7, 11) is 3.12. The van der Waals surface area contributed by atoms with Gasteiger partial charge in [-0.05, 0) is 37.6 Å². The van der Waals surface area contributed by atoms with Crippen LogP contribution in [-0.4, -0.2) is 24.1 Å². The molecule has 0 spiro atoms. The molecule has 3 aromatic rings. The van der Waals surface area contributed by atoms with Crippen molar-refractivity contribution in [3.8, 4) is 11.5 Å². The van der Waals surface area contributed by atoms with Gasteiger partial charge in [-0.1, -0.05) is 6.07 Å². The van der Waals surface area contributed by atoms with Crippen LogP contribution in [-0.2, 0) is 0 Å². The molecule has 0 saturated carbocycles. The van der Waals surface area contributed by atoms with Crippen LogP contribution in [0.1, 0.15) is 11.3 Å². The number of non-ortho nitro benzene ring substituents is 1. The van der Waals surface area contributed by atoms with Gasteiger partial charge in [0.15, 0.2) is 11.5 Å². The Hall–Kier alpha value is -3.35.